The highest BCUT2D eigenvalue weighted by Crippen LogP contribution is 2.13. The van der Waals surface area contributed by atoms with Gasteiger partial charge in [0, 0.05) is 12.1 Å². The highest BCUT2D eigenvalue weighted by molar-refractivity contribution is 7.91. The third-order valence-corrected chi connectivity index (χ3v) is 5.19. The van der Waals surface area contributed by atoms with Crippen LogP contribution in [0.5, 0.6) is 0 Å². The van der Waals surface area contributed by atoms with E-state index in [0.29, 0.717) is 17.0 Å². The summed E-state index contributed by atoms with van der Waals surface area (Å²) in [6, 6.07) is 6.19. The molecule has 3 N–H and O–H groups in total. The molecule has 5 nitrogen and oxygen atoms in total. The number of rotatable bonds is 9. The monoisotopic (exact) mass is 311 g/mol. The molecule has 118 valence electrons. The zero-order valence-corrected chi connectivity index (χ0v) is 13.6. The van der Waals surface area contributed by atoms with Crippen LogP contribution in [0.15, 0.2) is 29.2 Å². The van der Waals surface area contributed by atoms with Gasteiger partial charge in [0.15, 0.2) is 9.84 Å². The maximum atomic E-state index is 12.3. The van der Waals surface area contributed by atoms with Crippen molar-refractivity contribution >= 4 is 15.7 Å². The third-order valence-electron chi connectivity index (χ3n) is 3.48. The molecule has 1 aromatic rings. The fourth-order valence-electron chi connectivity index (χ4n) is 2.02. The molecule has 0 amide bonds. The standard InChI is InChI=1S/C15H25N3O2S/c1-3-5-10-18(4-2)11-12-21(19,20)14-8-6-13(7-9-14)15(16)17/h6-9H,3-5,10-12H2,1-2H3,(H3,16,17). The number of hydrogen-bond donors (Lipinski definition) is 2. The largest absolute Gasteiger partial charge is 0.384 e. The van der Waals surface area contributed by atoms with E-state index in [-0.39, 0.29) is 11.6 Å². The van der Waals surface area contributed by atoms with Crippen LogP contribution in [-0.4, -0.2) is 44.5 Å². The van der Waals surface area contributed by atoms with E-state index in [9.17, 15) is 8.42 Å². The lowest BCUT2D eigenvalue weighted by molar-refractivity contribution is 0.299. The van der Waals surface area contributed by atoms with Crippen molar-refractivity contribution in [1.29, 1.82) is 5.41 Å². The molecular weight excluding hydrogens is 286 g/mol. The van der Waals surface area contributed by atoms with Crippen LogP contribution < -0.4 is 5.73 Å². The van der Waals surface area contributed by atoms with Crippen LogP contribution in [0.3, 0.4) is 0 Å². The zero-order valence-electron chi connectivity index (χ0n) is 12.8. The highest BCUT2D eigenvalue weighted by Gasteiger charge is 2.16. The minimum Gasteiger partial charge on any atom is -0.384 e. The van der Waals surface area contributed by atoms with Gasteiger partial charge in [-0.15, -0.1) is 0 Å². The van der Waals surface area contributed by atoms with Crippen LogP contribution >= 0.6 is 0 Å². The molecule has 0 bridgehead atoms. The SMILES string of the molecule is CCCCN(CC)CCS(=O)(=O)c1ccc(C(=N)N)cc1. The Hall–Kier alpha value is -1.40. The Labute approximate surface area is 127 Å². The summed E-state index contributed by atoms with van der Waals surface area (Å²) < 4.78 is 24.6. The lowest BCUT2D eigenvalue weighted by Crippen LogP contribution is -2.30. The summed E-state index contributed by atoms with van der Waals surface area (Å²) >= 11 is 0. The molecule has 0 aliphatic carbocycles. The van der Waals surface area contributed by atoms with Crippen LogP contribution in [0.25, 0.3) is 0 Å². The van der Waals surface area contributed by atoms with Crippen molar-refractivity contribution in [2.75, 3.05) is 25.4 Å². The van der Waals surface area contributed by atoms with Crippen molar-refractivity contribution in [2.45, 2.75) is 31.6 Å². The van der Waals surface area contributed by atoms with Crippen molar-refractivity contribution in [1.82, 2.24) is 4.90 Å². The van der Waals surface area contributed by atoms with Gasteiger partial charge >= 0.3 is 0 Å². The second-order valence-electron chi connectivity index (χ2n) is 5.04. The van der Waals surface area contributed by atoms with E-state index in [1.165, 1.54) is 12.1 Å². The first-order chi connectivity index (χ1) is 9.90. The predicted molar refractivity (Wildman–Crippen MR) is 86.5 cm³/mol. The van der Waals surface area contributed by atoms with Gasteiger partial charge < -0.3 is 10.6 Å². The number of nitrogen functional groups attached to an aromatic ring is 1. The smallest absolute Gasteiger partial charge is 0.179 e. The van der Waals surface area contributed by atoms with Crippen molar-refractivity contribution in [3.8, 4) is 0 Å². The molecule has 1 rings (SSSR count). The summed E-state index contributed by atoms with van der Waals surface area (Å²) in [7, 11) is -3.29. The average Bonchev–Trinajstić information content (AvgIpc) is 2.47. The number of nitrogens with two attached hydrogens (primary N) is 1. The summed E-state index contributed by atoms with van der Waals surface area (Å²) in [5.74, 6) is 0.0555. The molecule has 0 saturated carbocycles. The van der Waals surface area contributed by atoms with Crippen molar-refractivity contribution in [3.63, 3.8) is 0 Å². The molecule has 0 fully saturated rings. The van der Waals surface area contributed by atoms with Crippen LogP contribution in [0, 0.1) is 5.41 Å². The first kappa shape index (κ1) is 17.7. The quantitative estimate of drug-likeness (QED) is 0.538. The highest BCUT2D eigenvalue weighted by atomic mass is 32.2. The molecule has 6 heteroatoms. The van der Waals surface area contributed by atoms with E-state index < -0.39 is 9.84 Å². The van der Waals surface area contributed by atoms with Gasteiger partial charge in [-0.3, -0.25) is 5.41 Å². The van der Waals surface area contributed by atoms with Gasteiger partial charge in [0.1, 0.15) is 5.84 Å². The van der Waals surface area contributed by atoms with Gasteiger partial charge in [-0.2, -0.15) is 0 Å². The Morgan fingerprint density at radius 2 is 1.81 bits per heavy atom. The second-order valence-corrected chi connectivity index (χ2v) is 7.15. The molecule has 0 aromatic heterocycles. The topological polar surface area (TPSA) is 87.2 Å². The maximum Gasteiger partial charge on any atom is 0.179 e. The number of nitrogens with one attached hydrogen (secondary N) is 1. The lowest BCUT2D eigenvalue weighted by Gasteiger charge is -2.19. The molecule has 0 atom stereocenters. The molecule has 0 unspecified atom stereocenters. The Morgan fingerprint density at radius 1 is 1.19 bits per heavy atom. The summed E-state index contributed by atoms with van der Waals surface area (Å²) in [5.41, 5.74) is 5.90. The number of sulfone groups is 1. The number of unbranched alkanes of at least 4 members (excludes halogenated alkanes) is 1. The lowest BCUT2D eigenvalue weighted by atomic mass is 10.2. The van der Waals surface area contributed by atoms with Gasteiger partial charge in [-0.1, -0.05) is 32.4 Å². The number of nitrogens with zero attached hydrogens (tertiary/aromatic N) is 1. The average molecular weight is 311 g/mol. The van der Waals surface area contributed by atoms with Gasteiger partial charge in [0.05, 0.1) is 10.6 Å². The van der Waals surface area contributed by atoms with Crippen LogP contribution in [0.2, 0.25) is 0 Å². The molecule has 0 saturated heterocycles. The normalized spacial score (nSPS) is 11.8. The van der Waals surface area contributed by atoms with E-state index in [1.54, 1.807) is 12.1 Å². The van der Waals surface area contributed by atoms with E-state index in [4.69, 9.17) is 11.1 Å². The maximum absolute atomic E-state index is 12.3. The first-order valence-corrected chi connectivity index (χ1v) is 8.95. The second kappa shape index (κ2) is 8.14. The van der Waals surface area contributed by atoms with E-state index >= 15 is 0 Å². The molecule has 0 aliphatic heterocycles. The van der Waals surface area contributed by atoms with Crippen LogP contribution in [0.4, 0.5) is 0 Å². The Bertz CT molecular complexity index is 553. The van der Waals surface area contributed by atoms with Crippen molar-refractivity contribution < 1.29 is 8.42 Å². The Morgan fingerprint density at radius 3 is 2.29 bits per heavy atom. The summed E-state index contributed by atoms with van der Waals surface area (Å²) in [6.45, 7) is 6.52. The minimum atomic E-state index is -3.29. The molecular formula is C15H25N3O2S. The van der Waals surface area contributed by atoms with Gasteiger partial charge in [0.2, 0.25) is 0 Å². The molecule has 1 aromatic carbocycles. The van der Waals surface area contributed by atoms with Crippen molar-refractivity contribution in [3.05, 3.63) is 29.8 Å². The molecule has 0 heterocycles. The Kier molecular flexibility index (Phi) is 6.84. The molecule has 0 radical (unpaired) electrons. The fourth-order valence-corrected chi connectivity index (χ4v) is 3.30. The fraction of sp³-hybridized carbons (Fsp3) is 0.533. The summed E-state index contributed by atoms with van der Waals surface area (Å²) in [4.78, 5) is 2.45. The number of hydrogen-bond acceptors (Lipinski definition) is 4. The number of benzene rings is 1. The van der Waals surface area contributed by atoms with E-state index in [1.807, 2.05) is 6.92 Å². The van der Waals surface area contributed by atoms with Gasteiger partial charge in [0.25, 0.3) is 0 Å². The van der Waals surface area contributed by atoms with Crippen LogP contribution in [0.1, 0.15) is 32.3 Å². The predicted octanol–water partition coefficient (Wildman–Crippen LogP) is 1.87. The van der Waals surface area contributed by atoms with Crippen molar-refractivity contribution in [2.24, 2.45) is 5.73 Å². The molecule has 21 heavy (non-hydrogen) atoms. The third kappa shape index (κ3) is 5.47. The van der Waals surface area contributed by atoms with E-state index in [0.717, 1.165) is 25.9 Å². The zero-order chi connectivity index (χ0) is 15.9. The van der Waals surface area contributed by atoms with E-state index in [2.05, 4.69) is 11.8 Å². The molecule has 0 aliphatic rings. The number of amidine groups is 1. The van der Waals surface area contributed by atoms with Gasteiger partial charge in [-0.25, -0.2) is 8.42 Å². The Balaban J connectivity index is 2.70. The van der Waals surface area contributed by atoms with Gasteiger partial charge in [-0.05, 0) is 31.6 Å². The molecule has 0 spiro atoms. The summed E-state index contributed by atoms with van der Waals surface area (Å²) in [5, 5.41) is 7.31. The summed E-state index contributed by atoms with van der Waals surface area (Å²) in [6.07, 6.45) is 2.19. The minimum absolute atomic E-state index is 0.0596. The first-order valence-electron chi connectivity index (χ1n) is 7.30. The van der Waals surface area contributed by atoms with Crippen LogP contribution in [-0.2, 0) is 9.84 Å².